The maximum atomic E-state index is 11.7. The summed E-state index contributed by atoms with van der Waals surface area (Å²) in [6.07, 6.45) is 5.79. The number of rotatable bonds is 3. The summed E-state index contributed by atoms with van der Waals surface area (Å²) < 4.78 is 0. The van der Waals surface area contributed by atoms with Crippen LogP contribution in [0, 0.1) is 16.7 Å². The summed E-state index contributed by atoms with van der Waals surface area (Å²) in [5.41, 5.74) is 4.88. The van der Waals surface area contributed by atoms with Crippen molar-refractivity contribution in [2.75, 3.05) is 19.6 Å². The molecule has 0 radical (unpaired) electrons. The highest BCUT2D eigenvalue weighted by Crippen LogP contribution is 2.42. The molecule has 1 saturated carbocycles. The Hall–Kier alpha value is -0.610. The Labute approximate surface area is 135 Å². The van der Waals surface area contributed by atoms with Gasteiger partial charge in [0, 0.05) is 13.1 Å². The molecule has 0 aromatic rings. The van der Waals surface area contributed by atoms with Crippen LogP contribution >= 0.6 is 0 Å². The molecule has 2 rings (SSSR count). The fourth-order valence-electron chi connectivity index (χ4n) is 4.28. The van der Waals surface area contributed by atoms with E-state index < -0.39 is 11.0 Å². The molecule has 128 valence electrons. The Bertz CT molecular complexity index is 408. The van der Waals surface area contributed by atoms with Gasteiger partial charge >= 0.3 is 0 Å². The van der Waals surface area contributed by atoms with Crippen LogP contribution in [0.1, 0.15) is 66.2 Å². The predicted octanol–water partition coefficient (Wildman–Crippen LogP) is 2.54. The third kappa shape index (κ3) is 4.02. The van der Waals surface area contributed by atoms with Crippen LogP contribution in [0.25, 0.3) is 0 Å². The molecule has 1 aliphatic carbocycles. The number of likely N-dealkylation sites (tertiary alicyclic amines) is 1. The van der Waals surface area contributed by atoms with E-state index in [9.17, 15) is 9.90 Å². The quantitative estimate of drug-likeness (QED) is 0.842. The molecule has 4 nitrogen and oxygen atoms in total. The predicted molar refractivity (Wildman–Crippen MR) is 89.3 cm³/mol. The van der Waals surface area contributed by atoms with Gasteiger partial charge in [0.25, 0.3) is 0 Å². The van der Waals surface area contributed by atoms with E-state index in [1.165, 1.54) is 0 Å². The molecular weight excluding hydrogens is 276 g/mol. The fourth-order valence-corrected chi connectivity index (χ4v) is 4.28. The number of primary amides is 1. The molecule has 3 N–H and O–H groups in total. The summed E-state index contributed by atoms with van der Waals surface area (Å²) >= 11 is 0. The first-order valence-corrected chi connectivity index (χ1v) is 8.79. The van der Waals surface area contributed by atoms with Gasteiger partial charge in [0.15, 0.2) is 0 Å². The highest BCUT2D eigenvalue weighted by Gasteiger charge is 2.41. The zero-order valence-corrected chi connectivity index (χ0v) is 14.8. The van der Waals surface area contributed by atoms with Gasteiger partial charge in [-0.15, -0.1) is 0 Å². The lowest BCUT2D eigenvalue weighted by Crippen LogP contribution is -2.54. The summed E-state index contributed by atoms with van der Waals surface area (Å²) in [5.74, 6) is 0.491. The molecule has 1 amide bonds. The number of hydrogen-bond acceptors (Lipinski definition) is 3. The van der Waals surface area contributed by atoms with E-state index in [1.54, 1.807) is 0 Å². The summed E-state index contributed by atoms with van der Waals surface area (Å²) in [6, 6.07) is 0. The van der Waals surface area contributed by atoms with E-state index in [1.807, 2.05) is 6.92 Å². The number of amides is 1. The first-order valence-electron chi connectivity index (χ1n) is 8.79. The van der Waals surface area contributed by atoms with Crippen molar-refractivity contribution < 1.29 is 9.90 Å². The lowest BCUT2D eigenvalue weighted by atomic mass is 9.68. The Morgan fingerprint density at radius 3 is 2.36 bits per heavy atom. The van der Waals surface area contributed by atoms with Crippen LogP contribution in [0.5, 0.6) is 0 Å². The second-order valence-electron chi connectivity index (χ2n) is 9.10. The summed E-state index contributed by atoms with van der Waals surface area (Å²) in [6.45, 7) is 11.2. The van der Waals surface area contributed by atoms with Gasteiger partial charge in [-0.05, 0) is 63.3 Å². The van der Waals surface area contributed by atoms with Gasteiger partial charge in [-0.2, -0.15) is 0 Å². The van der Waals surface area contributed by atoms with Crippen molar-refractivity contribution in [3.05, 3.63) is 0 Å². The largest absolute Gasteiger partial charge is 0.389 e. The first-order chi connectivity index (χ1) is 10.0. The fraction of sp³-hybridized carbons (Fsp3) is 0.944. The van der Waals surface area contributed by atoms with E-state index >= 15 is 0 Å². The van der Waals surface area contributed by atoms with Crippen LogP contribution in [0.3, 0.4) is 0 Å². The van der Waals surface area contributed by atoms with Gasteiger partial charge in [0.2, 0.25) is 5.91 Å². The number of carbonyl (C=O) groups excluding carboxylic acids is 1. The SMILES string of the molecule is CC(C)(C)C1CCC(O)(CN2CCC[C@](C)(C(N)=O)C2)CC1. The number of piperidine rings is 1. The normalized spacial score (nSPS) is 38.0. The van der Waals surface area contributed by atoms with Gasteiger partial charge in [-0.25, -0.2) is 0 Å². The number of aliphatic hydroxyl groups is 1. The van der Waals surface area contributed by atoms with Crippen molar-refractivity contribution in [3.8, 4) is 0 Å². The minimum atomic E-state index is -0.586. The van der Waals surface area contributed by atoms with Gasteiger partial charge in [0.05, 0.1) is 11.0 Å². The molecule has 1 heterocycles. The first kappa shape index (κ1) is 17.7. The molecule has 0 spiro atoms. The van der Waals surface area contributed by atoms with E-state index in [-0.39, 0.29) is 5.91 Å². The summed E-state index contributed by atoms with van der Waals surface area (Å²) in [4.78, 5) is 13.9. The minimum absolute atomic E-state index is 0.208. The lowest BCUT2D eigenvalue weighted by molar-refractivity contribution is -0.131. The average Bonchev–Trinajstić information content (AvgIpc) is 2.37. The minimum Gasteiger partial charge on any atom is -0.389 e. The molecule has 0 aromatic carbocycles. The van der Waals surface area contributed by atoms with Crippen molar-refractivity contribution in [2.45, 2.75) is 71.8 Å². The Morgan fingerprint density at radius 2 is 1.86 bits per heavy atom. The molecular formula is C18H34N2O2. The van der Waals surface area contributed by atoms with Crippen LogP contribution in [-0.2, 0) is 4.79 Å². The topological polar surface area (TPSA) is 66.6 Å². The Balaban J connectivity index is 1.92. The molecule has 1 atom stereocenters. The van der Waals surface area contributed by atoms with Gasteiger partial charge in [-0.1, -0.05) is 20.8 Å². The van der Waals surface area contributed by atoms with Crippen LogP contribution in [0.4, 0.5) is 0 Å². The molecule has 4 heteroatoms. The Kier molecular flexibility index (Phi) is 4.94. The molecule has 0 aromatic heterocycles. The summed E-state index contributed by atoms with van der Waals surface area (Å²) in [7, 11) is 0. The number of β-amino-alcohol motifs (C(OH)–C–C–N with tert-alkyl or cyclic N) is 1. The lowest BCUT2D eigenvalue weighted by Gasteiger charge is -2.46. The van der Waals surface area contributed by atoms with Crippen LogP contribution in [0.15, 0.2) is 0 Å². The van der Waals surface area contributed by atoms with Crippen molar-refractivity contribution in [3.63, 3.8) is 0 Å². The van der Waals surface area contributed by atoms with Crippen molar-refractivity contribution in [2.24, 2.45) is 22.5 Å². The molecule has 2 aliphatic rings. The number of hydrogen-bond donors (Lipinski definition) is 2. The molecule has 22 heavy (non-hydrogen) atoms. The third-order valence-electron chi connectivity index (χ3n) is 6.03. The monoisotopic (exact) mass is 310 g/mol. The summed E-state index contributed by atoms with van der Waals surface area (Å²) in [5, 5.41) is 11.0. The molecule has 1 saturated heterocycles. The van der Waals surface area contributed by atoms with Crippen molar-refractivity contribution >= 4 is 5.91 Å². The zero-order valence-electron chi connectivity index (χ0n) is 14.8. The smallest absolute Gasteiger partial charge is 0.224 e. The van der Waals surface area contributed by atoms with E-state index in [2.05, 4.69) is 25.7 Å². The molecule has 1 aliphatic heterocycles. The van der Waals surface area contributed by atoms with E-state index in [0.717, 1.165) is 45.1 Å². The van der Waals surface area contributed by atoms with Gasteiger partial charge in [0.1, 0.15) is 0 Å². The maximum absolute atomic E-state index is 11.7. The van der Waals surface area contributed by atoms with Gasteiger partial charge in [-0.3, -0.25) is 9.69 Å². The molecule has 0 unspecified atom stereocenters. The highest BCUT2D eigenvalue weighted by molar-refractivity contribution is 5.80. The molecule has 2 fully saturated rings. The number of nitrogens with zero attached hydrogens (tertiary/aromatic N) is 1. The maximum Gasteiger partial charge on any atom is 0.224 e. The van der Waals surface area contributed by atoms with Crippen LogP contribution < -0.4 is 5.73 Å². The van der Waals surface area contributed by atoms with Crippen LogP contribution in [-0.4, -0.2) is 41.1 Å². The zero-order chi connectivity index (χ0) is 16.6. The third-order valence-corrected chi connectivity index (χ3v) is 6.03. The number of carbonyl (C=O) groups is 1. The van der Waals surface area contributed by atoms with Gasteiger partial charge < -0.3 is 10.8 Å². The van der Waals surface area contributed by atoms with E-state index in [4.69, 9.17) is 5.73 Å². The van der Waals surface area contributed by atoms with Crippen molar-refractivity contribution in [1.82, 2.24) is 4.90 Å². The standard InChI is InChI=1S/C18H34N2O2/c1-16(2,3)14-6-9-18(22,10-7-14)13-20-11-5-8-17(4,12-20)15(19)21/h14,22H,5-13H2,1-4H3,(H2,19,21)/t14?,17-,18?/m0/s1. The second kappa shape index (κ2) is 6.12. The molecule has 0 bridgehead atoms. The Morgan fingerprint density at radius 1 is 1.27 bits per heavy atom. The van der Waals surface area contributed by atoms with Crippen LogP contribution in [0.2, 0.25) is 0 Å². The average molecular weight is 310 g/mol. The number of nitrogens with two attached hydrogens (primary N) is 1. The highest BCUT2D eigenvalue weighted by atomic mass is 16.3. The van der Waals surface area contributed by atoms with Crippen molar-refractivity contribution in [1.29, 1.82) is 0 Å². The van der Waals surface area contributed by atoms with E-state index in [0.29, 0.717) is 24.4 Å². The second-order valence-corrected chi connectivity index (χ2v) is 9.10.